The highest BCUT2D eigenvalue weighted by atomic mass is 16.5. The van der Waals surface area contributed by atoms with Crippen LogP contribution in [0.25, 0.3) is 0 Å². The highest BCUT2D eigenvalue weighted by Gasteiger charge is 2.37. The zero-order valence-electron chi connectivity index (χ0n) is 9.91. The van der Waals surface area contributed by atoms with E-state index in [2.05, 4.69) is 5.32 Å². The molecule has 2 saturated heterocycles. The highest BCUT2D eigenvalue weighted by Crippen LogP contribution is 2.34. The highest BCUT2D eigenvalue weighted by molar-refractivity contribution is 5.73. The number of ether oxygens (including phenoxy) is 2. The van der Waals surface area contributed by atoms with Crippen molar-refractivity contribution < 1.29 is 14.3 Å². The lowest BCUT2D eigenvalue weighted by Gasteiger charge is -2.37. The molecule has 4 nitrogen and oxygen atoms in total. The molecule has 0 aromatic heterocycles. The first kappa shape index (κ1) is 11.9. The molecule has 0 saturated carbocycles. The van der Waals surface area contributed by atoms with E-state index < -0.39 is 0 Å². The number of rotatable bonds is 2. The van der Waals surface area contributed by atoms with Gasteiger partial charge in [0.15, 0.2) is 0 Å². The van der Waals surface area contributed by atoms with Crippen LogP contribution in [0.5, 0.6) is 0 Å². The average molecular weight is 227 g/mol. The Labute approximate surface area is 96.7 Å². The molecule has 4 heteroatoms. The Hall–Kier alpha value is -0.610. The van der Waals surface area contributed by atoms with Crippen molar-refractivity contribution in [2.24, 2.45) is 17.8 Å². The van der Waals surface area contributed by atoms with Gasteiger partial charge in [-0.25, -0.2) is 0 Å². The van der Waals surface area contributed by atoms with Crippen LogP contribution in [0, 0.1) is 17.8 Å². The summed E-state index contributed by atoms with van der Waals surface area (Å²) in [5, 5.41) is 3.36. The van der Waals surface area contributed by atoms with Crippen LogP contribution >= 0.6 is 0 Å². The molecular weight excluding hydrogens is 206 g/mol. The van der Waals surface area contributed by atoms with Gasteiger partial charge in [-0.3, -0.25) is 4.79 Å². The number of nitrogens with one attached hydrogen (secondary N) is 1. The van der Waals surface area contributed by atoms with Crippen molar-refractivity contribution in [3.63, 3.8) is 0 Å². The average Bonchev–Trinajstić information content (AvgIpc) is 2.39. The van der Waals surface area contributed by atoms with Gasteiger partial charge in [0.1, 0.15) is 0 Å². The summed E-state index contributed by atoms with van der Waals surface area (Å²) in [5.41, 5.74) is 0. The summed E-state index contributed by atoms with van der Waals surface area (Å²) in [4.78, 5) is 11.7. The van der Waals surface area contributed by atoms with Gasteiger partial charge in [0.05, 0.1) is 19.6 Å². The lowest BCUT2D eigenvalue weighted by Crippen LogP contribution is -2.42. The summed E-state index contributed by atoms with van der Waals surface area (Å²) in [6.07, 6.45) is 3.36. The topological polar surface area (TPSA) is 47.6 Å². The Morgan fingerprint density at radius 1 is 1.31 bits per heavy atom. The smallest absolute Gasteiger partial charge is 0.311 e. The van der Waals surface area contributed by atoms with Gasteiger partial charge in [0.2, 0.25) is 0 Å². The molecule has 1 N–H and O–H groups in total. The lowest BCUT2D eigenvalue weighted by molar-refractivity contribution is -0.155. The third-order valence-electron chi connectivity index (χ3n) is 3.90. The molecule has 0 unspecified atom stereocenters. The summed E-state index contributed by atoms with van der Waals surface area (Å²) in [6.45, 7) is 3.50. The molecule has 2 aliphatic heterocycles. The van der Waals surface area contributed by atoms with E-state index in [-0.39, 0.29) is 11.9 Å². The van der Waals surface area contributed by atoms with Crippen LogP contribution in [0.4, 0.5) is 0 Å². The quantitative estimate of drug-likeness (QED) is 0.709. The molecule has 0 amide bonds. The maximum atomic E-state index is 11.7. The van der Waals surface area contributed by atoms with Crippen LogP contribution in [0.3, 0.4) is 0 Å². The first-order chi connectivity index (χ1) is 7.83. The van der Waals surface area contributed by atoms with E-state index in [4.69, 9.17) is 9.47 Å². The third kappa shape index (κ3) is 2.55. The summed E-state index contributed by atoms with van der Waals surface area (Å²) >= 11 is 0. The fraction of sp³-hybridized carbons (Fsp3) is 0.917. The van der Waals surface area contributed by atoms with E-state index in [1.807, 2.05) is 0 Å². The van der Waals surface area contributed by atoms with E-state index in [1.165, 1.54) is 20.0 Å². The van der Waals surface area contributed by atoms with Gasteiger partial charge in [0, 0.05) is 6.61 Å². The van der Waals surface area contributed by atoms with Crippen molar-refractivity contribution in [1.29, 1.82) is 0 Å². The van der Waals surface area contributed by atoms with Gasteiger partial charge >= 0.3 is 5.97 Å². The second kappa shape index (κ2) is 5.64. The predicted molar refractivity (Wildman–Crippen MR) is 60.0 cm³/mol. The minimum Gasteiger partial charge on any atom is -0.469 e. The van der Waals surface area contributed by atoms with Crippen LogP contribution in [0.15, 0.2) is 0 Å². The first-order valence-corrected chi connectivity index (χ1v) is 6.19. The summed E-state index contributed by atoms with van der Waals surface area (Å²) in [5.74, 6) is 0.989. The standard InChI is InChI=1S/C12H21NO3/c1-15-12(14)11-8-16-7-4-10(11)9-2-5-13-6-3-9/h9-11,13H,2-8H2,1H3/t10-,11-/m1/s1. The Morgan fingerprint density at radius 3 is 2.75 bits per heavy atom. The summed E-state index contributed by atoms with van der Waals surface area (Å²) in [7, 11) is 1.47. The van der Waals surface area contributed by atoms with Gasteiger partial charge in [-0.05, 0) is 44.2 Å². The fourth-order valence-electron chi connectivity index (χ4n) is 2.99. The SMILES string of the molecule is COC(=O)[C@@H]1COCC[C@@H]1C1CCNCC1. The Morgan fingerprint density at radius 2 is 2.06 bits per heavy atom. The van der Waals surface area contributed by atoms with Crippen LogP contribution < -0.4 is 5.32 Å². The molecule has 0 aromatic rings. The third-order valence-corrected chi connectivity index (χ3v) is 3.90. The molecule has 0 spiro atoms. The molecule has 16 heavy (non-hydrogen) atoms. The maximum Gasteiger partial charge on any atom is 0.311 e. The van der Waals surface area contributed by atoms with Crippen molar-refractivity contribution in [1.82, 2.24) is 5.32 Å². The Bertz CT molecular complexity index is 238. The van der Waals surface area contributed by atoms with Crippen molar-refractivity contribution in [2.75, 3.05) is 33.4 Å². The Kier molecular flexibility index (Phi) is 4.18. The second-order valence-corrected chi connectivity index (χ2v) is 4.74. The zero-order valence-corrected chi connectivity index (χ0v) is 9.91. The molecule has 0 aromatic carbocycles. The van der Waals surface area contributed by atoms with Crippen molar-refractivity contribution in [3.05, 3.63) is 0 Å². The number of carbonyl (C=O) groups is 1. The number of carbonyl (C=O) groups excluding carboxylic acids is 1. The van der Waals surface area contributed by atoms with Crippen LogP contribution in [0.1, 0.15) is 19.3 Å². The second-order valence-electron chi connectivity index (χ2n) is 4.74. The number of hydrogen-bond donors (Lipinski definition) is 1. The van der Waals surface area contributed by atoms with Crippen molar-refractivity contribution >= 4 is 5.97 Å². The molecule has 0 bridgehead atoms. The number of piperidine rings is 1. The van der Waals surface area contributed by atoms with E-state index >= 15 is 0 Å². The van der Waals surface area contributed by atoms with Crippen LogP contribution in [0.2, 0.25) is 0 Å². The molecule has 0 radical (unpaired) electrons. The van der Waals surface area contributed by atoms with E-state index in [0.29, 0.717) is 18.4 Å². The fourth-order valence-corrected chi connectivity index (χ4v) is 2.99. The van der Waals surface area contributed by atoms with E-state index in [0.717, 1.165) is 26.1 Å². The van der Waals surface area contributed by atoms with Crippen LogP contribution in [-0.2, 0) is 14.3 Å². The lowest BCUT2D eigenvalue weighted by atomic mass is 9.74. The molecule has 2 aliphatic rings. The molecule has 92 valence electrons. The minimum atomic E-state index is -0.0942. The van der Waals surface area contributed by atoms with Gasteiger partial charge in [-0.15, -0.1) is 0 Å². The first-order valence-electron chi connectivity index (χ1n) is 6.19. The molecule has 2 rings (SSSR count). The van der Waals surface area contributed by atoms with Crippen molar-refractivity contribution in [2.45, 2.75) is 19.3 Å². The minimum absolute atomic E-state index is 0.0400. The van der Waals surface area contributed by atoms with Gasteiger partial charge < -0.3 is 14.8 Å². The monoisotopic (exact) mass is 227 g/mol. The molecular formula is C12H21NO3. The summed E-state index contributed by atoms with van der Waals surface area (Å²) in [6, 6.07) is 0. The number of esters is 1. The molecule has 2 atom stereocenters. The zero-order chi connectivity index (χ0) is 11.4. The van der Waals surface area contributed by atoms with Crippen LogP contribution in [-0.4, -0.2) is 39.4 Å². The van der Waals surface area contributed by atoms with E-state index in [1.54, 1.807) is 0 Å². The summed E-state index contributed by atoms with van der Waals surface area (Å²) < 4.78 is 10.3. The van der Waals surface area contributed by atoms with Gasteiger partial charge in [-0.1, -0.05) is 0 Å². The Balaban J connectivity index is 2.00. The normalized spacial score (nSPS) is 32.3. The largest absolute Gasteiger partial charge is 0.469 e. The molecule has 2 fully saturated rings. The number of hydrogen-bond acceptors (Lipinski definition) is 4. The van der Waals surface area contributed by atoms with E-state index in [9.17, 15) is 4.79 Å². The van der Waals surface area contributed by atoms with Gasteiger partial charge in [0.25, 0.3) is 0 Å². The van der Waals surface area contributed by atoms with Gasteiger partial charge in [-0.2, -0.15) is 0 Å². The maximum absolute atomic E-state index is 11.7. The number of methoxy groups -OCH3 is 1. The molecule has 2 heterocycles. The predicted octanol–water partition coefficient (Wildman–Crippen LogP) is 0.812. The molecule has 0 aliphatic carbocycles. The van der Waals surface area contributed by atoms with Crippen molar-refractivity contribution in [3.8, 4) is 0 Å².